The number of benzene rings is 2. The Morgan fingerprint density at radius 2 is 1.67 bits per heavy atom. The van der Waals surface area contributed by atoms with E-state index in [1.165, 1.54) is 53.8 Å². The Morgan fingerprint density at radius 3 is 2.27 bits per heavy atom. The summed E-state index contributed by atoms with van der Waals surface area (Å²) in [5, 5.41) is 14.3. The van der Waals surface area contributed by atoms with E-state index in [0.29, 0.717) is 5.56 Å². The van der Waals surface area contributed by atoms with Crippen molar-refractivity contribution >= 4 is 11.8 Å². The van der Waals surface area contributed by atoms with Crippen molar-refractivity contribution in [3.63, 3.8) is 0 Å². The quantitative estimate of drug-likeness (QED) is 0.393. The number of aliphatic hydroxyl groups is 1. The lowest BCUT2D eigenvalue weighted by Crippen LogP contribution is -2.72. The molecule has 1 fully saturated rings. The SMILES string of the molecule is Cc1ccc(C(=O)[C@H]2[C@H](c3ccc(-c4ccc(F)cc4)o3)NC(=O)N[C@@]2(O)C(F)(F)F)cc1. The van der Waals surface area contributed by atoms with E-state index >= 15 is 0 Å². The molecule has 2 amide bonds. The second-order valence-corrected chi connectivity index (χ2v) is 7.76. The van der Waals surface area contributed by atoms with Gasteiger partial charge in [-0.25, -0.2) is 9.18 Å². The van der Waals surface area contributed by atoms with Crippen molar-refractivity contribution in [1.29, 1.82) is 0 Å². The third kappa shape index (κ3) is 4.09. The molecule has 2 aromatic carbocycles. The van der Waals surface area contributed by atoms with E-state index in [1.807, 2.05) is 0 Å². The van der Waals surface area contributed by atoms with E-state index in [1.54, 1.807) is 19.1 Å². The molecule has 0 bridgehead atoms. The predicted octanol–water partition coefficient (Wildman–Crippen LogP) is 4.50. The summed E-state index contributed by atoms with van der Waals surface area (Å²) < 4.78 is 60.8. The second-order valence-electron chi connectivity index (χ2n) is 7.76. The monoisotopic (exact) mass is 462 g/mol. The van der Waals surface area contributed by atoms with Crippen molar-refractivity contribution in [2.45, 2.75) is 24.9 Å². The van der Waals surface area contributed by atoms with E-state index in [9.17, 15) is 32.3 Å². The van der Waals surface area contributed by atoms with Gasteiger partial charge in [-0.3, -0.25) is 4.79 Å². The lowest BCUT2D eigenvalue weighted by atomic mass is 9.79. The van der Waals surface area contributed by atoms with E-state index in [4.69, 9.17) is 4.42 Å². The van der Waals surface area contributed by atoms with Crippen LogP contribution in [0.25, 0.3) is 11.3 Å². The molecule has 1 aromatic heterocycles. The first-order chi connectivity index (χ1) is 15.5. The average molecular weight is 462 g/mol. The van der Waals surface area contributed by atoms with Crippen molar-refractivity contribution < 1.29 is 36.7 Å². The molecule has 1 aliphatic heterocycles. The number of carbonyl (C=O) groups excluding carboxylic acids is 2. The number of rotatable bonds is 4. The fraction of sp³-hybridized carbons (Fsp3) is 0.217. The van der Waals surface area contributed by atoms with Crippen molar-refractivity contribution in [3.05, 3.63) is 83.4 Å². The van der Waals surface area contributed by atoms with Crippen LogP contribution in [-0.2, 0) is 0 Å². The molecule has 172 valence electrons. The van der Waals surface area contributed by atoms with Gasteiger partial charge in [0.2, 0.25) is 5.72 Å². The number of alkyl halides is 3. The van der Waals surface area contributed by atoms with E-state index in [0.717, 1.165) is 5.56 Å². The zero-order valence-electron chi connectivity index (χ0n) is 17.1. The molecule has 3 aromatic rings. The number of hydrogen-bond acceptors (Lipinski definition) is 4. The highest BCUT2D eigenvalue weighted by Gasteiger charge is 2.66. The molecule has 2 heterocycles. The van der Waals surface area contributed by atoms with Gasteiger partial charge < -0.3 is 20.2 Å². The number of ketones is 1. The van der Waals surface area contributed by atoms with Crippen LogP contribution in [0.3, 0.4) is 0 Å². The first-order valence-electron chi connectivity index (χ1n) is 9.84. The molecular weight excluding hydrogens is 444 g/mol. The van der Waals surface area contributed by atoms with Crippen LogP contribution in [0.5, 0.6) is 0 Å². The largest absolute Gasteiger partial charge is 0.459 e. The molecule has 0 radical (unpaired) electrons. The number of amides is 2. The van der Waals surface area contributed by atoms with Crippen molar-refractivity contribution in [1.82, 2.24) is 10.6 Å². The van der Waals surface area contributed by atoms with Gasteiger partial charge in [-0.2, -0.15) is 13.2 Å². The molecule has 0 aliphatic carbocycles. The predicted molar refractivity (Wildman–Crippen MR) is 109 cm³/mol. The number of nitrogens with one attached hydrogen (secondary N) is 2. The number of carbonyl (C=O) groups is 2. The van der Waals surface area contributed by atoms with E-state index < -0.39 is 41.5 Å². The average Bonchev–Trinajstić information content (AvgIpc) is 3.23. The molecule has 6 nitrogen and oxygen atoms in total. The van der Waals surface area contributed by atoms with Gasteiger partial charge in [0, 0.05) is 11.1 Å². The minimum absolute atomic E-state index is 0.0819. The summed E-state index contributed by atoms with van der Waals surface area (Å²) in [4.78, 5) is 25.3. The van der Waals surface area contributed by atoms with Crippen LogP contribution in [0, 0.1) is 18.7 Å². The van der Waals surface area contributed by atoms with Crippen molar-refractivity contribution in [2.24, 2.45) is 5.92 Å². The molecule has 3 N–H and O–H groups in total. The maximum absolute atomic E-state index is 14.0. The maximum atomic E-state index is 14.0. The summed E-state index contributed by atoms with van der Waals surface area (Å²) in [6, 6.07) is 10.7. The first kappa shape index (κ1) is 22.5. The Balaban J connectivity index is 1.80. The van der Waals surface area contributed by atoms with Crippen LogP contribution >= 0.6 is 0 Å². The lowest BCUT2D eigenvalue weighted by Gasteiger charge is -2.44. The summed E-state index contributed by atoms with van der Waals surface area (Å²) in [5.41, 5.74) is -2.73. The molecular formula is C23H18F4N2O4. The van der Waals surface area contributed by atoms with Crippen LogP contribution < -0.4 is 10.6 Å². The summed E-state index contributed by atoms with van der Waals surface area (Å²) >= 11 is 0. The standard InChI is InChI=1S/C23H18F4N2O4/c1-12-2-4-14(5-3-12)20(30)18-19(28-21(31)29-22(18,32)23(25,26)27)17-11-10-16(33-17)13-6-8-15(24)9-7-13/h2-11,18-19,32H,1H3,(H2,28,29,31)/t18-,19+,22+/m1/s1. The third-order valence-electron chi connectivity index (χ3n) is 5.49. The van der Waals surface area contributed by atoms with Crippen LogP contribution in [0.15, 0.2) is 65.1 Å². The van der Waals surface area contributed by atoms with E-state index in [-0.39, 0.29) is 17.1 Å². The highest BCUT2D eigenvalue weighted by molar-refractivity contribution is 6.00. The molecule has 0 saturated carbocycles. The number of hydrogen-bond donors (Lipinski definition) is 3. The molecule has 0 unspecified atom stereocenters. The topological polar surface area (TPSA) is 91.6 Å². The normalized spacial score (nSPS) is 23.0. The smallest absolute Gasteiger partial charge is 0.437 e. The molecule has 33 heavy (non-hydrogen) atoms. The zero-order chi connectivity index (χ0) is 24.0. The van der Waals surface area contributed by atoms with Gasteiger partial charge in [-0.05, 0) is 43.3 Å². The number of urea groups is 1. The second kappa shape index (κ2) is 8.04. The molecule has 3 atom stereocenters. The Bertz CT molecular complexity index is 1190. The minimum Gasteiger partial charge on any atom is -0.459 e. The Kier molecular flexibility index (Phi) is 5.49. The Labute approximate surface area is 185 Å². The molecule has 4 rings (SSSR count). The summed E-state index contributed by atoms with van der Waals surface area (Å²) in [6.07, 6.45) is -5.37. The molecule has 0 spiro atoms. The molecule has 10 heteroatoms. The van der Waals surface area contributed by atoms with Crippen molar-refractivity contribution in [3.8, 4) is 11.3 Å². The van der Waals surface area contributed by atoms with Gasteiger partial charge in [0.15, 0.2) is 5.78 Å². The van der Waals surface area contributed by atoms with Crippen LogP contribution in [-0.4, -0.2) is 28.8 Å². The summed E-state index contributed by atoms with van der Waals surface area (Å²) in [5.74, 6) is -3.75. The van der Waals surface area contributed by atoms with Gasteiger partial charge in [-0.15, -0.1) is 0 Å². The van der Waals surface area contributed by atoms with Crippen LogP contribution in [0.4, 0.5) is 22.4 Å². The lowest BCUT2D eigenvalue weighted by molar-refractivity contribution is -0.288. The van der Waals surface area contributed by atoms with Gasteiger partial charge >= 0.3 is 12.2 Å². The summed E-state index contributed by atoms with van der Waals surface area (Å²) in [6.45, 7) is 1.74. The fourth-order valence-corrected chi connectivity index (χ4v) is 3.76. The summed E-state index contributed by atoms with van der Waals surface area (Å²) in [7, 11) is 0. The highest BCUT2D eigenvalue weighted by atomic mass is 19.4. The van der Waals surface area contributed by atoms with Gasteiger partial charge in [0.1, 0.15) is 29.3 Å². The molecule has 1 saturated heterocycles. The number of aryl methyl sites for hydroxylation is 1. The fourth-order valence-electron chi connectivity index (χ4n) is 3.76. The number of halogens is 4. The Morgan fingerprint density at radius 1 is 1.03 bits per heavy atom. The third-order valence-corrected chi connectivity index (χ3v) is 5.49. The molecule has 1 aliphatic rings. The van der Waals surface area contributed by atoms with Crippen molar-refractivity contribution in [2.75, 3.05) is 0 Å². The van der Waals surface area contributed by atoms with Gasteiger partial charge in [0.25, 0.3) is 0 Å². The maximum Gasteiger partial charge on any atom is 0.437 e. The van der Waals surface area contributed by atoms with Gasteiger partial charge in [0.05, 0.1) is 0 Å². The van der Waals surface area contributed by atoms with E-state index in [2.05, 4.69) is 5.32 Å². The number of furan rings is 1. The van der Waals surface area contributed by atoms with Gasteiger partial charge in [-0.1, -0.05) is 29.8 Å². The van der Waals surface area contributed by atoms with Crippen LogP contribution in [0.1, 0.15) is 27.7 Å². The van der Waals surface area contributed by atoms with Crippen LogP contribution in [0.2, 0.25) is 0 Å². The minimum atomic E-state index is -5.37. The first-order valence-corrected chi connectivity index (χ1v) is 9.84. The Hall–Kier alpha value is -3.66. The number of Topliss-reactive ketones (excluding diaryl/α,β-unsaturated/α-hetero) is 1. The highest BCUT2D eigenvalue weighted by Crippen LogP contribution is 2.44. The zero-order valence-corrected chi connectivity index (χ0v) is 17.1.